The zero-order valence-electron chi connectivity index (χ0n) is 14.0. The molecule has 6 heteroatoms. The van der Waals surface area contributed by atoms with Crippen molar-refractivity contribution in [2.24, 2.45) is 0 Å². The first-order valence-corrected chi connectivity index (χ1v) is 7.71. The Labute approximate surface area is 150 Å². The van der Waals surface area contributed by atoms with Crippen molar-refractivity contribution in [3.63, 3.8) is 0 Å². The van der Waals surface area contributed by atoms with Crippen molar-refractivity contribution in [3.05, 3.63) is 71.3 Å². The summed E-state index contributed by atoms with van der Waals surface area (Å²) in [5.41, 5.74) is 2.24. The van der Waals surface area contributed by atoms with Gasteiger partial charge in [0, 0.05) is 11.8 Å². The van der Waals surface area contributed by atoms with Gasteiger partial charge in [0.1, 0.15) is 0 Å². The molecule has 0 radical (unpaired) electrons. The van der Waals surface area contributed by atoms with Gasteiger partial charge in [0.05, 0.1) is 23.3 Å². The van der Waals surface area contributed by atoms with Crippen LogP contribution in [0.2, 0.25) is 0 Å². The average molecular weight is 345 g/mol. The molecule has 1 atom stereocenters. The maximum absolute atomic E-state index is 12.0. The minimum absolute atomic E-state index is 0.477. The number of rotatable bonds is 5. The third-order valence-corrected chi connectivity index (χ3v) is 3.40. The van der Waals surface area contributed by atoms with Crippen LogP contribution in [-0.4, -0.2) is 18.0 Å². The molecule has 6 nitrogen and oxygen atoms in total. The van der Waals surface area contributed by atoms with E-state index >= 15 is 0 Å². The van der Waals surface area contributed by atoms with Crippen molar-refractivity contribution < 1.29 is 14.3 Å². The van der Waals surface area contributed by atoms with Gasteiger partial charge in [-0.3, -0.25) is 4.79 Å². The third kappa shape index (κ3) is 5.33. The van der Waals surface area contributed by atoms with Crippen molar-refractivity contribution in [1.82, 2.24) is 0 Å². The highest BCUT2D eigenvalue weighted by atomic mass is 16.5. The highest BCUT2D eigenvalue weighted by molar-refractivity contribution is 5.96. The van der Waals surface area contributed by atoms with Crippen LogP contribution in [0.5, 0.6) is 0 Å². The van der Waals surface area contributed by atoms with Crippen LogP contribution in [0.4, 0.5) is 5.69 Å². The summed E-state index contributed by atoms with van der Waals surface area (Å²) in [6.45, 7) is 1.46. The number of nitrogens with one attached hydrogen (secondary N) is 1. The van der Waals surface area contributed by atoms with Crippen LogP contribution in [0.15, 0.2) is 54.6 Å². The van der Waals surface area contributed by atoms with Gasteiger partial charge in [0.25, 0.3) is 5.91 Å². The quantitative estimate of drug-likeness (QED) is 0.663. The molecule has 0 heterocycles. The molecule has 1 N–H and O–H groups in total. The standard InChI is InChI=1S/C20H15N3O3/c1-14(20(25)23-18-9-6-17(13-22)7-10-18)26-19(24)11-8-15-2-4-16(12-21)5-3-15/h2-11,14H,1H3,(H,23,25)/b11-8+/t14-/m0/s1. The number of anilines is 1. The minimum Gasteiger partial charge on any atom is -0.449 e. The van der Waals surface area contributed by atoms with E-state index in [1.165, 1.54) is 19.1 Å². The SMILES string of the molecule is C[C@H](OC(=O)/C=C/c1ccc(C#N)cc1)C(=O)Nc1ccc(C#N)cc1. The molecule has 0 aliphatic carbocycles. The molecular weight excluding hydrogens is 330 g/mol. The molecule has 1 amide bonds. The molecule has 0 spiro atoms. The Morgan fingerprint density at radius 2 is 1.54 bits per heavy atom. The first-order valence-electron chi connectivity index (χ1n) is 7.71. The van der Waals surface area contributed by atoms with Crippen molar-refractivity contribution in [2.45, 2.75) is 13.0 Å². The van der Waals surface area contributed by atoms with E-state index in [0.717, 1.165) is 5.56 Å². The average Bonchev–Trinajstić information content (AvgIpc) is 2.67. The largest absolute Gasteiger partial charge is 0.449 e. The Morgan fingerprint density at radius 1 is 1.00 bits per heavy atom. The number of nitrogens with zero attached hydrogens (tertiary/aromatic N) is 2. The summed E-state index contributed by atoms with van der Waals surface area (Å²) in [4.78, 5) is 23.9. The summed E-state index contributed by atoms with van der Waals surface area (Å²) in [5, 5.41) is 20.1. The Bertz CT molecular complexity index is 901. The van der Waals surface area contributed by atoms with Gasteiger partial charge in [-0.15, -0.1) is 0 Å². The van der Waals surface area contributed by atoms with Crippen LogP contribution in [0.3, 0.4) is 0 Å². The molecule has 0 bridgehead atoms. The Hall–Kier alpha value is -3.90. The number of carbonyl (C=O) groups excluding carboxylic acids is 2. The van der Waals surface area contributed by atoms with Gasteiger partial charge in [-0.05, 0) is 55.0 Å². The first-order chi connectivity index (χ1) is 12.5. The molecule has 0 unspecified atom stereocenters. The Kier molecular flexibility index (Phi) is 6.25. The summed E-state index contributed by atoms with van der Waals surface area (Å²) in [6.07, 6.45) is 1.77. The van der Waals surface area contributed by atoms with Gasteiger partial charge in [0.2, 0.25) is 0 Å². The van der Waals surface area contributed by atoms with Gasteiger partial charge in [-0.2, -0.15) is 10.5 Å². The predicted molar refractivity (Wildman–Crippen MR) is 95.5 cm³/mol. The van der Waals surface area contributed by atoms with Gasteiger partial charge in [-0.25, -0.2) is 4.79 Å². The van der Waals surface area contributed by atoms with Crippen molar-refractivity contribution in [1.29, 1.82) is 10.5 Å². The second-order valence-electron chi connectivity index (χ2n) is 5.32. The van der Waals surface area contributed by atoms with Crippen molar-refractivity contribution in [2.75, 3.05) is 5.32 Å². The van der Waals surface area contributed by atoms with Crippen LogP contribution >= 0.6 is 0 Å². The zero-order valence-corrected chi connectivity index (χ0v) is 14.0. The molecular formula is C20H15N3O3. The fourth-order valence-corrected chi connectivity index (χ4v) is 1.97. The summed E-state index contributed by atoms with van der Waals surface area (Å²) in [7, 11) is 0. The Morgan fingerprint density at radius 3 is 2.08 bits per heavy atom. The number of esters is 1. The number of benzene rings is 2. The number of nitriles is 2. The lowest BCUT2D eigenvalue weighted by molar-refractivity contribution is -0.148. The molecule has 0 fully saturated rings. The molecule has 0 aromatic heterocycles. The minimum atomic E-state index is -0.983. The van der Waals surface area contributed by atoms with Gasteiger partial charge in [0.15, 0.2) is 6.10 Å². The van der Waals surface area contributed by atoms with Crippen molar-refractivity contribution >= 4 is 23.6 Å². The topological polar surface area (TPSA) is 103 Å². The van der Waals surface area contributed by atoms with Crippen LogP contribution in [0, 0.1) is 22.7 Å². The normalized spacial score (nSPS) is 11.2. The third-order valence-electron chi connectivity index (χ3n) is 3.40. The van der Waals surface area contributed by atoms with E-state index in [0.29, 0.717) is 16.8 Å². The molecule has 0 aliphatic heterocycles. The summed E-state index contributed by atoms with van der Waals surface area (Å²) in [6, 6.07) is 17.0. The number of hydrogen-bond acceptors (Lipinski definition) is 5. The second-order valence-corrected chi connectivity index (χ2v) is 5.32. The first kappa shape index (κ1) is 18.4. The molecule has 0 aliphatic rings. The van der Waals surface area contributed by atoms with E-state index in [9.17, 15) is 9.59 Å². The smallest absolute Gasteiger partial charge is 0.331 e. The number of carbonyl (C=O) groups is 2. The second kappa shape index (κ2) is 8.81. The van der Waals surface area contributed by atoms with Gasteiger partial charge in [-0.1, -0.05) is 12.1 Å². The van der Waals surface area contributed by atoms with Crippen LogP contribution < -0.4 is 5.32 Å². The lowest BCUT2D eigenvalue weighted by Gasteiger charge is -2.12. The van der Waals surface area contributed by atoms with E-state index in [4.69, 9.17) is 15.3 Å². The molecule has 0 saturated carbocycles. The monoisotopic (exact) mass is 345 g/mol. The lowest BCUT2D eigenvalue weighted by Crippen LogP contribution is -2.29. The van der Waals surface area contributed by atoms with E-state index in [2.05, 4.69) is 5.32 Å². The lowest BCUT2D eigenvalue weighted by atomic mass is 10.1. The van der Waals surface area contributed by atoms with E-state index in [1.54, 1.807) is 48.5 Å². The summed E-state index contributed by atoms with van der Waals surface area (Å²) >= 11 is 0. The number of ether oxygens (including phenoxy) is 1. The van der Waals surface area contributed by atoms with E-state index in [-0.39, 0.29) is 0 Å². The van der Waals surface area contributed by atoms with Gasteiger partial charge >= 0.3 is 5.97 Å². The highest BCUT2D eigenvalue weighted by Gasteiger charge is 2.16. The van der Waals surface area contributed by atoms with Crippen molar-refractivity contribution in [3.8, 4) is 12.1 Å². The van der Waals surface area contributed by atoms with Gasteiger partial charge < -0.3 is 10.1 Å². The number of amides is 1. The molecule has 0 saturated heterocycles. The molecule has 2 rings (SSSR count). The summed E-state index contributed by atoms with van der Waals surface area (Å²) < 4.78 is 5.05. The molecule has 26 heavy (non-hydrogen) atoms. The maximum atomic E-state index is 12.0. The van der Waals surface area contributed by atoms with Crippen LogP contribution in [0.25, 0.3) is 6.08 Å². The predicted octanol–water partition coefficient (Wildman–Crippen LogP) is 3.01. The maximum Gasteiger partial charge on any atom is 0.331 e. The van der Waals surface area contributed by atoms with Crippen LogP contribution in [-0.2, 0) is 14.3 Å². The molecule has 128 valence electrons. The Balaban J connectivity index is 1.88. The molecule has 2 aromatic carbocycles. The zero-order chi connectivity index (χ0) is 18.9. The highest BCUT2D eigenvalue weighted by Crippen LogP contribution is 2.10. The fourth-order valence-electron chi connectivity index (χ4n) is 1.97. The molecule has 2 aromatic rings. The number of hydrogen-bond donors (Lipinski definition) is 1. The fraction of sp³-hybridized carbons (Fsp3) is 0.100. The van der Waals surface area contributed by atoms with E-state index < -0.39 is 18.0 Å². The van der Waals surface area contributed by atoms with Crippen LogP contribution in [0.1, 0.15) is 23.6 Å². The van der Waals surface area contributed by atoms with E-state index in [1.807, 2.05) is 12.1 Å². The summed E-state index contributed by atoms with van der Waals surface area (Å²) in [5.74, 6) is -1.13.